The monoisotopic (exact) mass is 289 g/mol. The molecule has 0 aromatic heterocycles. The van der Waals surface area contributed by atoms with Gasteiger partial charge >= 0.3 is 0 Å². The zero-order valence-electron chi connectivity index (χ0n) is 13.4. The molecule has 0 amide bonds. The topological polar surface area (TPSA) is 36.9 Å². The van der Waals surface area contributed by atoms with Crippen molar-refractivity contribution in [1.82, 2.24) is 10.4 Å². The van der Waals surface area contributed by atoms with Crippen LogP contribution in [0.25, 0.3) is 0 Å². The van der Waals surface area contributed by atoms with E-state index in [0.717, 1.165) is 38.4 Å². The summed E-state index contributed by atoms with van der Waals surface area (Å²) in [6, 6.07) is 10.6. The highest BCUT2D eigenvalue weighted by atomic mass is 16.7. The summed E-state index contributed by atoms with van der Waals surface area (Å²) in [4.78, 5) is 10.8. The molecule has 21 heavy (non-hydrogen) atoms. The number of nitrogens with zero attached hydrogens (tertiary/aromatic N) is 2. The molecule has 0 spiro atoms. The zero-order valence-corrected chi connectivity index (χ0v) is 13.4. The molecule has 0 bridgehead atoms. The van der Waals surface area contributed by atoms with Crippen LogP contribution in [0.15, 0.2) is 35.3 Å². The Morgan fingerprint density at radius 3 is 2.62 bits per heavy atom. The summed E-state index contributed by atoms with van der Waals surface area (Å²) in [6.45, 7) is 9.20. The summed E-state index contributed by atoms with van der Waals surface area (Å²) in [5, 5.41) is 5.33. The maximum Gasteiger partial charge on any atom is 0.212 e. The summed E-state index contributed by atoms with van der Waals surface area (Å²) in [6.07, 6.45) is 2.00. The molecule has 1 heterocycles. The number of likely N-dealkylation sites (N-methyl/N-ethyl adjacent to an activating group) is 1. The van der Waals surface area contributed by atoms with Gasteiger partial charge in [0.2, 0.25) is 5.90 Å². The number of aliphatic imine (C=N–C) groups is 1. The van der Waals surface area contributed by atoms with Crippen LogP contribution in [-0.2, 0) is 4.84 Å². The molecule has 2 rings (SSSR count). The van der Waals surface area contributed by atoms with Gasteiger partial charge in [0, 0.05) is 25.4 Å². The second kappa shape index (κ2) is 8.15. The predicted octanol–water partition coefficient (Wildman–Crippen LogP) is 3.17. The zero-order chi connectivity index (χ0) is 15.1. The number of hydrogen-bond acceptors (Lipinski definition) is 4. The summed E-state index contributed by atoms with van der Waals surface area (Å²) < 4.78 is 0. The molecule has 116 valence electrons. The Bertz CT molecular complexity index is 447. The smallest absolute Gasteiger partial charge is 0.212 e. The fourth-order valence-corrected chi connectivity index (χ4v) is 2.77. The average molecular weight is 289 g/mol. The van der Waals surface area contributed by atoms with Crippen LogP contribution in [0.1, 0.15) is 45.1 Å². The lowest BCUT2D eigenvalue weighted by Crippen LogP contribution is -2.34. The van der Waals surface area contributed by atoms with Crippen molar-refractivity contribution in [1.29, 1.82) is 0 Å². The standard InChI is InChI=1S/C17H27N3O/c1-4-15(14-10-8-7-9-11-14)17-19-16(12-13-18-5-2)21-20(17)6-3/h7-11,15,17-18H,4-6,12-13H2,1-3H3/t15-,17-/m0/s1. The molecule has 0 aliphatic carbocycles. The van der Waals surface area contributed by atoms with Crippen molar-refractivity contribution in [2.24, 2.45) is 4.99 Å². The first-order valence-corrected chi connectivity index (χ1v) is 8.07. The highest BCUT2D eigenvalue weighted by molar-refractivity contribution is 5.77. The molecular weight excluding hydrogens is 262 g/mol. The van der Waals surface area contributed by atoms with Crippen LogP contribution in [0, 0.1) is 0 Å². The number of benzene rings is 1. The second-order valence-corrected chi connectivity index (χ2v) is 5.29. The highest BCUT2D eigenvalue weighted by Gasteiger charge is 2.33. The molecular formula is C17H27N3O. The van der Waals surface area contributed by atoms with E-state index in [1.165, 1.54) is 5.56 Å². The Morgan fingerprint density at radius 2 is 2.00 bits per heavy atom. The molecule has 0 fully saturated rings. The Hall–Kier alpha value is -1.39. The van der Waals surface area contributed by atoms with Crippen molar-refractivity contribution >= 4 is 5.90 Å². The molecule has 0 radical (unpaired) electrons. The van der Waals surface area contributed by atoms with Crippen molar-refractivity contribution < 1.29 is 4.84 Å². The van der Waals surface area contributed by atoms with Crippen molar-refractivity contribution in [3.8, 4) is 0 Å². The van der Waals surface area contributed by atoms with Crippen LogP contribution in [0.2, 0.25) is 0 Å². The van der Waals surface area contributed by atoms with Crippen LogP contribution < -0.4 is 5.32 Å². The van der Waals surface area contributed by atoms with Gasteiger partial charge in [0.15, 0.2) is 0 Å². The Balaban J connectivity index is 2.10. The molecule has 0 unspecified atom stereocenters. The largest absolute Gasteiger partial charge is 0.389 e. The molecule has 1 aromatic carbocycles. The lowest BCUT2D eigenvalue weighted by atomic mass is 9.93. The first-order chi connectivity index (χ1) is 10.3. The van der Waals surface area contributed by atoms with Crippen LogP contribution in [0.5, 0.6) is 0 Å². The van der Waals surface area contributed by atoms with E-state index in [9.17, 15) is 0 Å². The third kappa shape index (κ3) is 4.05. The molecule has 1 aliphatic rings. The molecule has 2 atom stereocenters. The van der Waals surface area contributed by atoms with E-state index in [4.69, 9.17) is 9.83 Å². The minimum Gasteiger partial charge on any atom is -0.389 e. The maximum atomic E-state index is 5.92. The second-order valence-electron chi connectivity index (χ2n) is 5.29. The van der Waals surface area contributed by atoms with E-state index in [2.05, 4.69) is 56.4 Å². The van der Waals surface area contributed by atoms with E-state index in [1.807, 2.05) is 5.06 Å². The lowest BCUT2D eigenvalue weighted by Gasteiger charge is -2.26. The van der Waals surface area contributed by atoms with E-state index in [-0.39, 0.29) is 6.17 Å². The lowest BCUT2D eigenvalue weighted by molar-refractivity contribution is -0.0873. The molecule has 1 N–H and O–H groups in total. The van der Waals surface area contributed by atoms with E-state index >= 15 is 0 Å². The van der Waals surface area contributed by atoms with Gasteiger partial charge in [-0.2, -0.15) is 0 Å². The third-order valence-corrected chi connectivity index (χ3v) is 3.90. The van der Waals surface area contributed by atoms with Crippen molar-refractivity contribution in [3.63, 3.8) is 0 Å². The number of hydroxylamine groups is 2. The Kier molecular flexibility index (Phi) is 6.21. The van der Waals surface area contributed by atoms with Gasteiger partial charge in [-0.05, 0) is 25.5 Å². The summed E-state index contributed by atoms with van der Waals surface area (Å²) >= 11 is 0. The van der Waals surface area contributed by atoms with Crippen LogP contribution in [0.4, 0.5) is 0 Å². The third-order valence-electron chi connectivity index (χ3n) is 3.90. The van der Waals surface area contributed by atoms with E-state index in [0.29, 0.717) is 5.92 Å². The van der Waals surface area contributed by atoms with E-state index in [1.54, 1.807) is 0 Å². The first-order valence-electron chi connectivity index (χ1n) is 8.07. The number of hydrogen-bond donors (Lipinski definition) is 1. The van der Waals surface area contributed by atoms with Crippen LogP contribution in [-0.4, -0.2) is 36.8 Å². The SMILES string of the molecule is CCNCCC1=N[C@H]([C@@H](CC)c2ccccc2)N(CC)O1. The van der Waals surface area contributed by atoms with Gasteiger partial charge in [-0.1, -0.05) is 44.2 Å². The van der Waals surface area contributed by atoms with Gasteiger partial charge in [0.1, 0.15) is 6.17 Å². The Morgan fingerprint density at radius 1 is 1.24 bits per heavy atom. The van der Waals surface area contributed by atoms with Crippen molar-refractivity contribution in [2.45, 2.75) is 45.7 Å². The van der Waals surface area contributed by atoms with Gasteiger partial charge in [0.25, 0.3) is 0 Å². The first kappa shape index (κ1) is 16.0. The van der Waals surface area contributed by atoms with Gasteiger partial charge in [-0.15, -0.1) is 5.06 Å². The quantitative estimate of drug-likeness (QED) is 0.747. The van der Waals surface area contributed by atoms with Gasteiger partial charge in [0.05, 0.1) is 0 Å². The number of rotatable bonds is 8. The maximum absolute atomic E-state index is 5.92. The minimum absolute atomic E-state index is 0.0963. The minimum atomic E-state index is 0.0963. The van der Waals surface area contributed by atoms with Crippen molar-refractivity contribution in [2.75, 3.05) is 19.6 Å². The van der Waals surface area contributed by atoms with Gasteiger partial charge in [-0.25, -0.2) is 4.99 Å². The molecule has 0 saturated heterocycles. The van der Waals surface area contributed by atoms with Crippen LogP contribution in [0.3, 0.4) is 0 Å². The molecule has 1 aliphatic heterocycles. The summed E-state index contributed by atoms with van der Waals surface area (Å²) in [5.41, 5.74) is 1.34. The number of nitrogens with one attached hydrogen (secondary N) is 1. The highest BCUT2D eigenvalue weighted by Crippen LogP contribution is 2.31. The average Bonchev–Trinajstić information content (AvgIpc) is 2.92. The fourth-order valence-electron chi connectivity index (χ4n) is 2.77. The molecule has 4 heteroatoms. The van der Waals surface area contributed by atoms with Gasteiger partial charge < -0.3 is 10.2 Å². The molecule has 4 nitrogen and oxygen atoms in total. The van der Waals surface area contributed by atoms with Gasteiger partial charge in [-0.3, -0.25) is 0 Å². The summed E-state index contributed by atoms with van der Waals surface area (Å²) in [7, 11) is 0. The van der Waals surface area contributed by atoms with Crippen LogP contribution >= 0.6 is 0 Å². The van der Waals surface area contributed by atoms with E-state index < -0.39 is 0 Å². The van der Waals surface area contributed by atoms with Crippen molar-refractivity contribution in [3.05, 3.63) is 35.9 Å². The predicted molar refractivity (Wildman–Crippen MR) is 87.3 cm³/mol. The molecule has 0 saturated carbocycles. The molecule has 1 aromatic rings. The Labute approximate surface area is 128 Å². The fraction of sp³-hybridized carbons (Fsp3) is 0.588. The summed E-state index contributed by atoms with van der Waals surface area (Å²) in [5.74, 6) is 1.24. The normalized spacial score (nSPS) is 20.1.